The molecule has 1 atom stereocenters. The number of fused-ring (bicyclic) bond motifs is 1. The minimum atomic E-state index is -0.885. The Balaban J connectivity index is 1.66. The van der Waals surface area contributed by atoms with Gasteiger partial charge < -0.3 is 19.7 Å². The molecule has 30 heavy (non-hydrogen) atoms. The van der Waals surface area contributed by atoms with Gasteiger partial charge in [0.2, 0.25) is 0 Å². The molecular weight excluding hydrogens is 427 g/mol. The number of benzene rings is 2. The van der Waals surface area contributed by atoms with Crippen molar-refractivity contribution in [3.8, 4) is 0 Å². The summed E-state index contributed by atoms with van der Waals surface area (Å²) < 4.78 is 7.40. The summed E-state index contributed by atoms with van der Waals surface area (Å²) in [6.07, 6.45) is 0.572. The van der Waals surface area contributed by atoms with Crippen molar-refractivity contribution in [2.24, 2.45) is 7.05 Å². The van der Waals surface area contributed by atoms with Crippen LogP contribution in [-0.2, 0) is 28.5 Å². The third-order valence-electron chi connectivity index (χ3n) is 5.58. The zero-order chi connectivity index (χ0) is 21.5. The van der Waals surface area contributed by atoms with E-state index in [0.29, 0.717) is 46.3 Å². The number of carbonyl (C=O) groups is 2. The van der Waals surface area contributed by atoms with Gasteiger partial charge in [0.1, 0.15) is 5.69 Å². The maximum Gasteiger partial charge on any atom is 0.307 e. The number of aromatic nitrogens is 1. The standard InChI is InChI=1S/C22H20Cl2N2O4/c1-26-17-7-6-16(23)20(24)15(17)11-18(26)21(29)25-22(8-9-30-12-22)14-4-2-13(3-5-14)10-19(27)28/h2-7,11H,8-10,12H2,1H3,(H,25,29)(H,27,28)/t22-/m1/s1. The Morgan fingerprint density at radius 1 is 1.20 bits per heavy atom. The molecule has 1 fully saturated rings. The van der Waals surface area contributed by atoms with Crippen molar-refractivity contribution in [2.45, 2.75) is 18.4 Å². The monoisotopic (exact) mass is 446 g/mol. The lowest BCUT2D eigenvalue weighted by atomic mass is 9.88. The van der Waals surface area contributed by atoms with Crippen molar-refractivity contribution in [1.29, 1.82) is 0 Å². The van der Waals surface area contributed by atoms with Crippen LogP contribution in [0.15, 0.2) is 42.5 Å². The quantitative estimate of drug-likeness (QED) is 0.616. The summed E-state index contributed by atoms with van der Waals surface area (Å²) >= 11 is 12.4. The fourth-order valence-corrected chi connectivity index (χ4v) is 4.31. The summed E-state index contributed by atoms with van der Waals surface area (Å²) in [6, 6.07) is 12.5. The lowest BCUT2D eigenvalue weighted by Gasteiger charge is -2.29. The maximum absolute atomic E-state index is 13.2. The first-order chi connectivity index (χ1) is 14.3. The van der Waals surface area contributed by atoms with Crippen LogP contribution in [0.5, 0.6) is 0 Å². The summed E-state index contributed by atoms with van der Waals surface area (Å²) in [7, 11) is 1.81. The van der Waals surface area contributed by atoms with Gasteiger partial charge >= 0.3 is 5.97 Å². The van der Waals surface area contributed by atoms with E-state index in [1.807, 2.05) is 18.2 Å². The van der Waals surface area contributed by atoms with Gasteiger partial charge in [-0.3, -0.25) is 9.59 Å². The highest BCUT2D eigenvalue weighted by molar-refractivity contribution is 6.45. The van der Waals surface area contributed by atoms with Crippen LogP contribution in [0.2, 0.25) is 10.0 Å². The Kier molecular flexibility index (Phi) is 5.49. The number of nitrogens with one attached hydrogen (secondary N) is 1. The molecule has 0 radical (unpaired) electrons. The molecule has 1 aromatic heterocycles. The SMILES string of the molecule is Cn1c(C(=O)N[C@]2(c3ccc(CC(=O)O)cc3)CCOC2)cc2c(Cl)c(Cl)ccc21. The molecule has 0 spiro atoms. The number of nitrogens with zero attached hydrogens (tertiary/aromatic N) is 1. The number of amides is 1. The third kappa shape index (κ3) is 3.67. The number of aryl methyl sites for hydroxylation is 1. The first-order valence-corrected chi connectivity index (χ1v) is 10.2. The molecule has 156 valence electrons. The molecule has 3 aromatic rings. The second-order valence-corrected chi connectivity index (χ2v) is 8.27. The molecule has 4 rings (SSSR count). The van der Waals surface area contributed by atoms with Gasteiger partial charge in [0.15, 0.2) is 0 Å². The number of carboxylic acid groups (broad SMARTS) is 1. The van der Waals surface area contributed by atoms with E-state index in [4.69, 9.17) is 33.0 Å². The minimum Gasteiger partial charge on any atom is -0.481 e. The number of hydrogen-bond donors (Lipinski definition) is 2. The fraction of sp³-hybridized carbons (Fsp3) is 0.273. The Morgan fingerprint density at radius 3 is 2.57 bits per heavy atom. The topological polar surface area (TPSA) is 80.6 Å². The molecule has 6 nitrogen and oxygen atoms in total. The number of carboxylic acids is 1. The molecule has 1 saturated heterocycles. The van der Waals surface area contributed by atoms with Crippen LogP contribution < -0.4 is 5.32 Å². The van der Waals surface area contributed by atoms with Crippen molar-refractivity contribution in [3.63, 3.8) is 0 Å². The lowest BCUT2D eigenvalue weighted by molar-refractivity contribution is -0.136. The number of aliphatic carboxylic acids is 1. The second kappa shape index (κ2) is 7.95. The van der Waals surface area contributed by atoms with Crippen molar-refractivity contribution in [2.75, 3.05) is 13.2 Å². The molecule has 0 saturated carbocycles. The Morgan fingerprint density at radius 2 is 1.93 bits per heavy atom. The molecule has 1 aliphatic heterocycles. The van der Waals surface area contributed by atoms with E-state index < -0.39 is 11.5 Å². The van der Waals surface area contributed by atoms with Gasteiger partial charge in [-0.1, -0.05) is 47.5 Å². The van der Waals surface area contributed by atoms with Gasteiger partial charge in [0.05, 0.1) is 28.6 Å². The first kappa shape index (κ1) is 20.7. The van der Waals surface area contributed by atoms with Crippen LogP contribution >= 0.6 is 23.2 Å². The maximum atomic E-state index is 13.2. The van der Waals surface area contributed by atoms with E-state index in [9.17, 15) is 9.59 Å². The number of rotatable bonds is 5. The van der Waals surface area contributed by atoms with Gasteiger partial charge in [0.25, 0.3) is 5.91 Å². The predicted octanol–water partition coefficient (Wildman–Crippen LogP) is 4.16. The zero-order valence-electron chi connectivity index (χ0n) is 16.2. The van der Waals surface area contributed by atoms with Crippen molar-refractivity contribution in [3.05, 3.63) is 69.3 Å². The molecule has 8 heteroatoms. The minimum absolute atomic E-state index is 0.0462. The smallest absolute Gasteiger partial charge is 0.307 e. The van der Waals surface area contributed by atoms with Gasteiger partial charge in [0, 0.05) is 31.0 Å². The summed E-state index contributed by atoms with van der Waals surface area (Å²) in [5.74, 6) is -1.13. The van der Waals surface area contributed by atoms with Crippen LogP contribution in [0, 0.1) is 0 Å². The van der Waals surface area contributed by atoms with Gasteiger partial charge in [-0.15, -0.1) is 0 Å². The van der Waals surface area contributed by atoms with Crippen molar-refractivity contribution in [1.82, 2.24) is 9.88 Å². The molecule has 0 unspecified atom stereocenters. The molecular formula is C22H20Cl2N2O4. The molecule has 1 amide bonds. The molecule has 2 aromatic carbocycles. The first-order valence-electron chi connectivity index (χ1n) is 9.46. The van der Waals surface area contributed by atoms with E-state index in [2.05, 4.69) is 5.32 Å². The van der Waals surface area contributed by atoms with E-state index in [1.54, 1.807) is 35.9 Å². The van der Waals surface area contributed by atoms with Crippen LogP contribution in [0.4, 0.5) is 0 Å². The average molecular weight is 447 g/mol. The normalized spacial score (nSPS) is 18.6. The Hall–Kier alpha value is -2.54. The highest BCUT2D eigenvalue weighted by Crippen LogP contribution is 2.34. The summed E-state index contributed by atoms with van der Waals surface area (Å²) in [5, 5.41) is 13.7. The van der Waals surface area contributed by atoms with E-state index in [1.165, 1.54) is 0 Å². The molecule has 0 bridgehead atoms. The van der Waals surface area contributed by atoms with Crippen molar-refractivity contribution >= 4 is 46.0 Å². The highest BCUT2D eigenvalue weighted by Gasteiger charge is 2.39. The molecule has 1 aliphatic rings. The van der Waals surface area contributed by atoms with Crippen LogP contribution in [0.25, 0.3) is 10.9 Å². The van der Waals surface area contributed by atoms with Gasteiger partial charge in [-0.05, 0) is 29.3 Å². The predicted molar refractivity (Wildman–Crippen MR) is 115 cm³/mol. The van der Waals surface area contributed by atoms with Gasteiger partial charge in [-0.2, -0.15) is 0 Å². The van der Waals surface area contributed by atoms with E-state index >= 15 is 0 Å². The largest absolute Gasteiger partial charge is 0.481 e. The van der Waals surface area contributed by atoms with Crippen molar-refractivity contribution < 1.29 is 19.4 Å². The summed E-state index contributed by atoms with van der Waals surface area (Å²) in [6.45, 7) is 0.862. The van der Waals surface area contributed by atoms with E-state index in [-0.39, 0.29) is 12.3 Å². The number of hydrogen-bond acceptors (Lipinski definition) is 3. The highest BCUT2D eigenvalue weighted by atomic mass is 35.5. The Labute approximate surface area is 183 Å². The Bertz CT molecular complexity index is 1130. The summed E-state index contributed by atoms with van der Waals surface area (Å²) in [5.41, 5.74) is 2.16. The number of halogens is 2. The van der Waals surface area contributed by atoms with Gasteiger partial charge in [-0.25, -0.2) is 0 Å². The second-order valence-electron chi connectivity index (χ2n) is 7.49. The molecule has 0 aliphatic carbocycles. The van der Waals surface area contributed by atoms with Crippen LogP contribution in [0.3, 0.4) is 0 Å². The third-order valence-corrected chi connectivity index (χ3v) is 6.40. The van der Waals surface area contributed by atoms with Crippen LogP contribution in [0.1, 0.15) is 28.0 Å². The summed E-state index contributed by atoms with van der Waals surface area (Å²) in [4.78, 5) is 24.2. The number of ether oxygens (including phenoxy) is 1. The molecule has 2 heterocycles. The zero-order valence-corrected chi connectivity index (χ0v) is 17.8. The molecule has 2 N–H and O–H groups in total. The van der Waals surface area contributed by atoms with E-state index in [0.717, 1.165) is 11.1 Å². The fourth-order valence-electron chi connectivity index (χ4n) is 3.93. The average Bonchev–Trinajstić information content (AvgIpc) is 3.31. The number of carbonyl (C=O) groups excluding carboxylic acids is 1. The lowest BCUT2D eigenvalue weighted by Crippen LogP contribution is -2.47. The van der Waals surface area contributed by atoms with Crippen LogP contribution in [-0.4, -0.2) is 34.8 Å².